The van der Waals surface area contributed by atoms with Crippen molar-refractivity contribution >= 4 is 28.5 Å². The van der Waals surface area contributed by atoms with Crippen LogP contribution in [0.15, 0.2) is 58.8 Å². The molecular formula is C17H13BrO2. The van der Waals surface area contributed by atoms with Crippen molar-refractivity contribution in [3.8, 4) is 0 Å². The van der Waals surface area contributed by atoms with Gasteiger partial charge in [-0.25, -0.2) is 0 Å². The van der Waals surface area contributed by atoms with Gasteiger partial charge in [0.15, 0.2) is 0 Å². The van der Waals surface area contributed by atoms with Crippen LogP contribution < -0.4 is 0 Å². The van der Waals surface area contributed by atoms with E-state index in [4.69, 9.17) is 4.74 Å². The van der Waals surface area contributed by atoms with E-state index in [0.717, 1.165) is 10.0 Å². The number of carbonyl (C=O) groups is 1. The van der Waals surface area contributed by atoms with Gasteiger partial charge >= 0.3 is 0 Å². The lowest BCUT2D eigenvalue weighted by molar-refractivity contribution is -0.125. The number of hydrogen-bond donors (Lipinski definition) is 0. The van der Waals surface area contributed by atoms with Crippen LogP contribution in [0.1, 0.15) is 29.0 Å². The van der Waals surface area contributed by atoms with E-state index in [1.54, 1.807) is 0 Å². The summed E-state index contributed by atoms with van der Waals surface area (Å²) in [4.78, 5) is 10.6. The summed E-state index contributed by atoms with van der Waals surface area (Å²) in [6.45, 7) is 0.498. The first kappa shape index (κ1) is 13.1. The van der Waals surface area contributed by atoms with Crippen molar-refractivity contribution in [2.24, 2.45) is 0 Å². The second-order valence-corrected chi connectivity index (χ2v) is 5.68. The van der Waals surface area contributed by atoms with Crippen LogP contribution in [0.5, 0.6) is 0 Å². The van der Waals surface area contributed by atoms with Gasteiger partial charge in [0.05, 0.1) is 0 Å². The fourth-order valence-corrected chi connectivity index (χ4v) is 3.08. The lowest BCUT2D eigenvalue weighted by atomic mass is 9.81. The Morgan fingerprint density at radius 3 is 2.80 bits per heavy atom. The summed E-state index contributed by atoms with van der Waals surface area (Å²) in [6, 6.07) is 16.5. The standard InChI is InChI=1S/C17H13BrO2/c18-14-6-3-5-12(8-14)17-10-15(20-11-19)9-13-4-1-2-7-16(13)17/h1-9,11,17H,10H2. The Kier molecular flexibility index (Phi) is 3.70. The molecule has 0 saturated heterocycles. The minimum absolute atomic E-state index is 0.212. The van der Waals surface area contributed by atoms with Crippen LogP contribution in [0.2, 0.25) is 0 Å². The molecule has 1 unspecified atom stereocenters. The Balaban J connectivity index is 2.07. The van der Waals surface area contributed by atoms with E-state index < -0.39 is 0 Å². The Labute approximate surface area is 126 Å². The van der Waals surface area contributed by atoms with E-state index in [1.165, 1.54) is 11.1 Å². The van der Waals surface area contributed by atoms with Gasteiger partial charge in [-0.05, 0) is 34.9 Å². The minimum atomic E-state index is 0.212. The third-order valence-corrected chi connectivity index (χ3v) is 4.04. The number of halogens is 1. The van der Waals surface area contributed by atoms with E-state index >= 15 is 0 Å². The summed E-state index contributed by atoms with van der Waals surface area (Å²) in [6.07, 6.45) is 2.64. The first-order valence-electron chi connectivity index (χ1n) is 6.43. The smallest absolute Gasteiger partial charge is 0.298 e. The Hall–Kier alpha value is -1.87. The van der Waals surface area contributed by atoms with Gasteiger partial charge in [0.1, 0.15) is 5.76 Å². The highest BCUT2D eigenvalue weighted by molar-refractivity contribution is 9.10. The number of rotatable bonds is 3. The normalized spacial score (nSPS) is 17.1. The Bertz CT molecular complexity index is 676. The molecule has 0 saturated carbocycles. The zero-order chi connectivity index (χ0) is 13.9. The summed E-state index contributed by atoms with van der Waals surface area (Å²) in [7, 11) is 0. The molecule has 0 radical (unpaired) electrons. The number of carbonyl (C=O) groups excluding carboxylic acids is 1. The van der Waals surface area contributed by atoms with Crippen LogP contribution in [0.4, 0.5) is 0 Å². The summed E-state index contributed by atoms with van der Waals surface area (Å²) in [5, 5.41) is 0. The number of hydrogen-bond acceptors (Lipinski definition) is 2. The summed E-state index contributed by atoms with van der Waals surface area (Å²) in [5.41, 5.74) is 3.59. The molecule has 0 aliphatic heterocycles. The fraction of sp³-hybridized carbons (Fsp3) is 0.118. The zero-order valence-electron chi connectivity index (χ0n) is 10.8. The van der Waals surface area contributed by atoms with Gasteiger partial charge in [0.2, 0.25) is 0 Å². The molecule has 3 heteroatoms. The summed E-state index contributed by atoms with van der Waals surface area (Å²) in [5.74, 6) is 0.923. The van der Waals surface area contributed by atoms with Crippen molar-refractivity contribution in [2.45, 2.75) is 12.3 Å². The molecule has 2 nitrogen and oxygen atoms in total. The first-order valence-corrected chi connectivity index (χ1v) is 7.22. The highest BCUT2D eigenvalue weighted by Gasteiger charge is 2.23. The van der Waals surface area contributed by atoms with Gasteiger partial charge in [-0.3, -0.25) is 4.79 Å². The predicted molar refractivity (Wildman–Crippen MR) is 82.2 cm³/mol. The first-order chi connectivity index (χ1) is 9.78. The Morgan fingerprint density at radius 2 is 2.00 bits per heavy atom. The monoisotopic (exact) mass is 328 g/mol. The van der Waals surface area contributed by atoms with E-state index in [2.05, 4.69) is 34.1 Å². The molecule has 0 N–H and O–H groups in total. The largest absolute Gasteiger partial charge is 0.433 e. The van der Waals surface area contributed by atoms with Gasteiger partial charge < -0.3 is 4.74 Å². The molecule has 0 aromatic heterocycles. The molecule has 1 atom stereocenters. The zero-order valence-corrected chi connectivity index (χ0v) is 12.3. The van der Waals surface area contributed by atoms with E-state index in [1.807, 2.05) is 36.4 Å². The predicted octanol–water partition coefficient (Wildman–Crippen LogP) is 4.50. The van der Waals surface area contributed by atoms with Gasteiger partial charge in [-0.15, -0.1) is 0 Å². The quantitative estimate of drug-likeness (QED) is 0.775. The van der Waals surface area contributed by atoms with Crippen molar-refractivity contribution in [1.82, 2.24) is 0 Å². The van der Waals surface area contributed by atoms with Crippen LogP contribution in [0.25, 0.3) is 6.08 Å². The maximum atomic E-state index is 10.6. The van der Waals surface area contributed by atoms with Crippen molar-refractivity contribution in [3.63, 3.8) is 0 Å². The van der Waals surface area contributed by atoms with Gasteiger partial charge in [-0.2, -0.15) is 0 Å². The number of ether oxygens (including phenoxy) is 1. The van der Waals surface area contributed by atoms with Gasteiger partial charge in [0.25, 0.3) is 6.47 Å². The van der Waals surface area contributed by atoms with Crippen LogP contribution in [0.3, 0.4) is 0 Å². The molecule has 1 aliphatic rings. The molecule has 1 aliphatic carbocycles. The Morgan fingerprint density at radius 1 is 1.15 bits per heavy atom. The third kappa shape index (κ3) is 2.54. The molecule has 2 aromatic rings. The lowest BCUT2D eigenvalue weighted by Crippen LogP contribution is -2.10. The van der Waals surface area contributed by atoms with Crippen molar-refractivity contribution < 1.29 is 9.53 Å². The maximum Gasteiger partial charge on any atom is 0.298 e. The SMILES string of the molecule is O=COC1=Cc2ccccc2C(c2cccc(Br)c2)C1. The molecule has 100 valence electrons. The molecule has 0 heterocycles. The van der Waals surface area contributed by atoms with E-state index in [0.29, 0.717) is 18.7 Å². The molecule has 3 rings (SSSR count). The van der Waals surface area contributed by atoms with Crippen LogP contribution in [-0.4, -0.2) is 6.47 Å². The summed E-state index contributed by atoms with van der Waals surface area (Å²) >= 11 is 3.51. The van der Waals surface area contributed by atoms with Crippen LogP contribution in [0, 0.1) is 0 Å². The number of benzene rings is 2. The molecule has 0 amide bonds. The highest BCUT2D eigenvalue weighted by atomic mass is 79.9. The fourth-order valence-electron chi connectivity index (χ4n) is 2.67. The molecule has 0 bridgehead atoms. The van der Waals surface area contributed by atoms with E-state index in [-0.39, 0.29) is 5.92 Å². The lowest BCUT2D eigenvalue weighted by Gasteiger charge is -2.25. The van der Waals surface area contributed by atoms with Gasteiger partial charge in [0, 0.05) is 16.8 Å². The van der Waals surface area contributed by atoms with Crippen LogP contribution in [-0.2, 0) is 9.53 Å². The topological polar surface area (TPSA) is 26.3 Å². The second kappa shape index (κ2) is 5.63. The molecule has 20 heavy (non-hydrogen) atoms. The minimum Gasteiger partial charge on any atom is -0.433 e. The van der Waals surface area contributed by atoms with Crippen molar-refractivity contribution in [1.29, 1.82) is 0 Å². The van der Waals surface area contributed by atoms with Crippen LogP contribution >= 0.6 is 15.9 Å². The number of fused-ring (bicyclic) bond motifs is 1. The maximum absolute atomic E-state index is 10.6. The number of allylic oxidation sites excluding steroid dienone is 1. The third-order valence-electron chi connectivity index (χ3n) is 3.54. The van der Waals surface area contributed by atoms with Crippen molar-refractivity contribution in [2.75, 3.05) is 0 Å². The molecule has 0 fully saturated rings. The average Bonchev–Trinajstić information content (AvgIpc) is 2.47. The summed E-state index contributed by atoms with van der Waals surface area (Å²) < 4.78 is 6.15. The van der Waals surface area contributed by atoms with Gasteiger partial charge in [-0.1, -0.05) is 52.3 Å². The average molecular weight is 329 g/mol. The molecule has 2 aromatic carbocycles. The molecule has 0 spiro atoms. The van der Waals surface area contributed by atoms with Crippen molar-refractivity contribution in [3.05, 3.63) is 75.5 Å². The van der Waals surface area contributed by atoms with E-state index in [9.17, 15) is 4.79 Å². The second-order valence-electron chi connectivity index (χ2n) is 4.77. The highest BCUT2D eigenvalue weighted by Crippen LogP contribution is 2.38. The molecular weight excluding hydrogens is 316 g/mol.